The fourth-order valence-electron chi connectivity index (χ4n) is 4.39. The Morgan fingerprint density at radius 2 is 1.89 bits per heavy atom. The maximum Gasteiger partial charge on any atom is 0.261 e. The van der Waals surface area contributed by atoms with E-state index >= 15 is 0 Å². The first-order valence-electron chi connectivity index (χ1n) is 11.5. The van der Waals surface area contributed by atoms with Gasteiger partial charge in [-0.2, -0.15) is 10.2 Å². The van der Waals surface area contributed by atoms with E-state index in [4.69, 9.17) is 0 Å². The summed E-state index contributed by atoms with van der Waals surface area (Å²) in [6, 6.07) is 14.3. The van der Waals surface area contributed by atoms with E-state index in [-0.39, 0.29) is 23.8 Å². The standard InChI is InChI=1S/C26H26F2N6O/c1-16-7-9-18(10-8-16)22-11-23(24(27)28)34-25(32-22)21(13-30-34)26(35)31-20-12-29-33(15-20)14-19-6-4-3-5-17(19)2/h3-10,12-13,15,22-24,32H,11,14H2,1-2H3,(H,31,35)/t22-,23+/m0/s1. The topological polar surface area (TPSA) is 76.8 Å². The largest absolute Gasteiger partial charge is 0.363 e. The number of nitrogens with zero attached hydrogens (tertiary/aromatic N) is 4. The first-order chi connectivity index (χ1) is 16.9. The summed E-state index contributed by atoms with van der Waals surface area (Å²) in [6.45, 7) is 4.58. The first-order valence-corrected chi connectivity index (χ1v) is 11.5. The number of benzene rings is 2. The van der Waals surface area contributed by atoms with Crippen molar-refractivity contribution < 1.29 is 13.6 Å². The summed E-state index contributed by atoms with van der Waals surface area (Å²) in [5, 5.41) is 14.5. The van der Waals surface area contributed by atoms with Crippen molar-refractivity contribution in [1.82, 2.24) is 19.6 Å². The van der Waals surface area contributed by atoms with Gasteiger partial charge in [0.2, 0.25) is 0 Å². The van der Waals surface area contributed by atoms with Crippen LogP contribution in [-0.4, -0.2) is 31.9 Å². The van der Waals surface area contributed by atoms with Gasteiger partial charge >= 0.3 is 0 Å². The van der Waals surface area contributed by atoms with Crippen molar-refractivity contribution in [3.05, 3.63) is 94.9 Å². The molecule has 0 saturated carbocycles. The predicted octanol–water partition coefficient (Wildman–Crippen LogP) is 5.36. The molecule has 0 saturated heterocycles. The van der Waals surface area contributed by atoms with E-state index in [1.807, 2.05) is 62.4 Å². The zero-order valence-corrected chi connectivity index (χ0v) is 19.5. The van der Waals surface area contributed by atoms with Crippen LogP contribution in [0, 0.1) is 13.8 Å². The van der Waals surface area contributed by atoms with E-state index in [0.29, 0.717) is 12.2 Å². The van der Waals surface area contributed by atoms with E-state index in [1.165, 1.54) is 10.9 Å². The third-order valence-corrected chi connectivity index (χ3v) is 6.40. The van der Waals surface area contributed by atoms with Crippen molar-refractivity contribution in [2.45, 2.75) is 45.3 Å². The quantitative estimate of drug-likeness (QED) is 0.393. The van der Waals surface area contributed by atoms with Gasteiger partial charge in [0.15, 0.2) is 0 Å². The molecule has 180 valence electrons. The zero-order chi connectivity index (χ0) is 24.5. The molecule has 2 atom stereocenters. The molecule has 0 aliphatic carbocycles. The van der Waals surface area contributed by atoms with Crippen LogP contribution in [-0.2, 0) is 6.54 Å². The van der Waals surface area contributed by atoms with Gasteiger partial charge in [-0.25, -0.2) is 13.5 Å². The monoisotopic (exact) mass is 476 g/mol. The average Bonchev–Trinajstić information content (AvgIpc) is 3.47. The fourth-order valence-corrected chi connectivity index (χ4v) is 4.39. The number of anilines is 2. The predicted molar refractivity (Wildman–Crippen MR) is 130 cm³/mol. The minimum atomic E-state index is -2.61. The molecule has 5 rings (SSSR count). The molecule has 0 radical (unpaired) electrons. The lowest BCUT2D eigenvalue weighted by Crippen LogP contribution is -2.31. The molecule has 1 aliphatic heterocycles. The smallest absolute Gasteiger partial charge is 0.261 e. The Balaban J connectivity index is 1.36. The van der Waals surface area contributed by atoms with Crippen molar-refractivity contribution in [2.75, 3.05) is 10.6 Å². The highest BCUT2D eigenvalue weighted by Gasteiger charge is 2.36. The maximum atomic E-state index is 13.9. The average molecular weight is 477 g/mol. The molecule has 3 heterocycles. The number of amides is 1. The molecule has 1 aliphatic rings. The van der Waals surface area contributed by atoms with Gasteiger partial charge in [0, 0.05) is 6.20 Å². The molecule has 2 N–H and O–H groups in total. The molecule has 4 aromatic rings. The molecule has 0 spiro atoms. The summed E-state index contributed by atoms with van der Waals surface area (Å²) in [4.78, 5) is 13.1. The van der Waals surface area contributed by atoms with Crippen LogP contribution in [0.15, 0.2) is 67.1 Å². The van der Waals surface area contributed by atoms with Crippen LogP contribution < -0.4 is 10.6 Å². The number of carbonyl (C=O) groups excluding carboxylic acids is 1. The molecule has 2 aromatic heterocycles. The lowest BCUT2D eigenvalue weighted by atomic mass is 9.96. The Kier molecular flexibility index (Phi) is 6.07. The SMILES string of the molecule is Cc1ccc([C@@H]2C[C@H](C(F)F)n3ncc(C(=O)Nc4cnn(Cc5ccccc5C)c4)c3N2)cc1. The molecule has 0 bridgehead atoms. The first kappa shape index (κ1) is 22.8. The normalized spacial score (nSPS) is 17.2. The van der Waals surface area contributed by atoms with Gasteiger partial charge in [0.25, 0.3) is 12.3 Å². The molecule has 0 fully saturated rings. The number of aryl methyl sites for hydroxylation is 2. The van der Waals surface area contributed by atoms with Gasteiger partial charge < -0.3 is 10.6 Å². The fraction of sp³-hybridized carbons (Fsp3) is 0.269. The molecule has 35 heavy (non-hydrogen) atoms. The Hall–Kier alpha value is -4.01. The second kappa shape index (κ2) is 9.32. The lowest BCUT2D eigenvalue weighted by molar-refractivity contribution is 0.0657. The molecule has 7 nitrogen and oxygen atoms in total. The van der Waals surface area contributed by atoms with Crippen molar-refractivity contribution >= 4 is 17.4 Å². The zero-order valence-electron chi connectivity index (χ0n) is 19.5. The van der Waals surface area contributed by atoms with Gasteiger partial charge in [0.1, 0.15) is 17.4 Å². The van der Waals surface area contributed by atoms with E-state index < -0.39 is 18.4 Å². The number of aromatic nitrogens is 4. The van der Waals surface area contributed by atoms with Crippen LogP contribution in [0.1, 0.15) is 51.1 Å². The van der Waals surface area contributed by atoms with Crippen LogP contribution in [0.3, 0.4) is 0 Å². The summed E-state index contributed by atoms with van der Waals surface area (Å²) in [6.07, 6.45) is 2.20. The third kappa shape index (κ3) is 4.66. The van der Waals surface area contributed by atoms with Crippen molar-refractivity contribution in [2.24, 2.45) is 0 Å². The van der Waals surface area contributed by atoms with Gasteiger partial charge in [-0.1, -0.05) is 54.1 Å². The molecular weight excluding hydrogens is 450 g/mol. The Bertz CT molecular complexity index is 1340. The summed E-state index contributed by atoms with van der Waals surface area (Å²) in [5.74, 6) is -0.149. The number of carbonyl (C=O) groups is 1. The van der Waals surface area contributed by atoms with Gasteiger partial charge in [-0.3, -0.25) is 9.48 Å². The summed E-state index contributed by atoms with van der Waals surface area (Å²) in [7, 11) is 0. The van der Waals surface area contributed by atoms with E-state index in [0.717, 1.165) is 22.3 Å². The Morgan fingerprint density at radius 1 is 1.11 bits per heavy atom. The minimum Gasteiger partial charge on any atom is -0.363 e. The van der Waals surface area contributed by atoms with Crippen molar-refractivity contribution in [1.29, 1.82) is 0 Å². The molecule has 2 aromatic carbocycles. The Labute approximate surface area is 201 Å². The number of alkyl halides is 2. The lowest BCUT2D eigenvalue weighted by Gasteiger charge is -2.32. The number of fused-ring (bicyclic) bond motifs is 1. The third-order valence-electron chi connectivity index (χ3n) is 6.40. The molecular formula is C26H26F2N6O. The number of hydrogen-bond donors (Lipinski definition) is 2. The van der Waals surface area contributed by atoms with Crippen molar-refractivity contribution in [3.8, 4) is 0 Å². The molecule has 9 heteroatoms. The number of hydrogen-bond acceptors (Lipinski definition) is 4. The van der Waals surface area contributed by atoms with Gasteiger partial charge in [-0.15, -0.1) is 0 Å². The molecule has 0 unspecified atom stereocenters. The summed E-state index contributed by atoms with van der Waals surface area (Å²) < 4.78 is 30.8. The second-order valence-electron chi connectivity index (χ2n) is 8.90. The van der Waals surface area contributed by atoms with Crippen LogP contribution in [0.4, 0.5) is 20.3 Å². The van der Waals surface area contributed by atoms with Gasteiger partial charge in [0.05, 0.1) is 30.7 Å². The Morgan fingerprint density at radius 3 is 2.63 bits per heavy atom. The number of halogens is 2. The highest BCUT2D eigenvalue weighted by atomic mass is 19.3. The van der Waals surface area contributed by atoms with Crippen LogP contribution >= 0.6 is 0 Å². The summed E-state index contributed by atoms with van der Waals surface area (Å²) >= 11 is 0. The van der Waals surface area contributed by atoms with Crippen LogP contribution in [0.5, 0.6) is 0 Å². The van der Waals surface area contributed by atoms with Crippen LogP contribution in [0.2, 0.25) is 0 Å². The summed E-state index contributed by atoms with van der Waals surface area (Å²) in [5.41, 5.74) is 4.98. The highest BCUT2D eigenvalue weighted by molar-refractivity contribution is 6.07. The van der Waals surface area contributed by atoms with E-state index in [9.17, 15) is 13.6 Å². The highest BCUT2D eigenvalue weighted by Crippen LogP contribution is 2.39. The number of nitrogens with one attached hydrogen (secondary N) is 2. The van der Waals surface area contributed by atoms with Gasteiger partial charge in [-0.05, 0) is 37.0 Å². The molecule has 1 amide bonds. The minimum absolute atomic E-state index is 0.169. The van der Waals surface area contributed by atoms with Crippen LogP contribution in [0.25, 0.3) is 0 Å². The van der Waals surface area contributed by atoms with E-state index in [2.05, 4.69) is 20.8 Å². The number of rotatable bonds is 6. The van der Waals surface area contributed by atoms with Crippen molar-refractivity contribution in [3.63, 3.8) is 0 Å². The maximum absolute atomic E-state index is 13.9. The van der Waals surface area contributed by atoms with E-state index in [1.54, 1.807) is 17.1 Å². The second-order valence-corrected chi connectivity index (χ2v) is 8.90.